The standard InChI is InChI=1S/C28H32N6O9/c1-10-11-4-5-12(33-14(35)9-30-8-13-31-6-7-32-13)21(36)16(11)22(37)17-15(10)23(38)19-20(34(2)3)24(39)18(27(29)42)26(41)28(19,43)25(17)40/h4-7,10,15,19-20,23,30,36-38,41,43H,8-9H2,1-3H3,(H2,29,42)(H,31,32)(H,33,35)/t10?,15?,19?,20-,23?,28-/m0/s1. The number of benzene rings is 1. The van der Waals surface area contributed by atoms with E-state index in [1.165, 1.54) is 31.1 Å². The van der Waals surface area contributed by atoms with E-state index < -0.39 is 87.3 Å². The third-order valence-corrected chi connectivity index (χ3v) is 8.54. The highest BCUT2D eigenvalue weighted by Crippen LogP contribution is 2.56. The van der Waals surface area contributed by atoms with E-state index in [-0.39, 0.29) is 24.3 Å². The number of aliphatic hydroxyl groups is 4. The number of aromatic nitrogens is 2. The van der Waals surface area contributed by atoms with Crippen LogP contribution >= 0.6 is 0 Å². The molecular weight excluding hydrogens is 564 g/mol. The van der Waals surface area contributed by atoms with Gasteiger partial charge in [-0.1, -0.05) is 13.0 Å². The van der Waals surface area contributed by atoms with Crippen LogP contribution in [0.15, 0.2) is 41.4 Å². The maximum Gasteiger partial charge on any atom is 0.255 e. The molecule has 2 amide bonds. The maximum atomic E-state index is 14.0. The molecule has 43 heavy (non-hydrogen) atoms. The van der Waals surface area contributed by atoms with Crippen LogP contribution in [0.3, 0.4) is 0 Å². The molecule has 228 valence electrons. The highest BCUT2D eigenvalue weighted by molar-refractivity contribution is 6.24. The van der Waals surface area contributed by atoms with Crippen LogP contribution in [-0.4, -0.2) is 102 Å². The van der Waals surface area contributed by atoms with Gasteiger partial charge in [0, 0.05) is 23.9 Å². The van der Waals surface area contributed by atoms with E-state index in [0.29, 0.717) is 11.4 Å². The van der Waals surface area contributed by atoms with Crippen LogP contribution in [0.4, 0.5) is 5.69 Å². The predicted octanol–water partition coefficient (Wildman–Crippen LogP) is -1.05. The largest absolute Gasteiger partial charge is 0.508 e. The molecule has 1 aromatic heterocycles. The van der Waals surface area contributed by atoms with Gasteiger partial charge < -0.3 is 46.9 Å². The van der Waals surface area contributed by atoms with Gasteiger partial charge in [-0.05, 0) is 31.6 Å². The van der Waals surface area contributed by atoms with E-state index in [0.717, 1.165) is 0 Å². The van der Waals surface area contributed by atoms with Crippen LogP contribution in [0, 0.1) is 11.8 Å². The van der Waals surface area contributed by atoms with Gasteiger partial charge in [-0.15, -0.1) is 0 Å². The molecule has 3 aliphatic carbocycles. The van der Waals surface area contributed by atoms with Crippen molar-refractivity contribution in [3.05, 3.63) is 58.4 Å². The number of Topliss-reactive ketones (excluding diaryl/α,β-unsaturated/α-hetero) is 2. The second kappa shape index (κ2) is 10.6. The summed E-state index contributed by atoms with van der Waals surface area (Å²) in [4.78, 5) is 60.2. The number of nitrogens with zero attached hydrogens (tertiary/aromatic N) is 2. The van der Waals surface area contributed by atoms with E-state index in [1.807, 2.05) is 0 Å². The zero-order valence-electron chi connectivity index (χ0n) is 23.5. The fraction of sp³-hybridized carbons (Fsp3) is 0.393. The first-order chi connectivity index (χ1) is 20.2. The number of imidazole rings is 1. The Hall–Kier alpha value is -4.57. The average molecular weight is 597 g/mol. The van der Waals surface area contributed by atoms with Gasteiger partial charge in [0.15, 0.2) is 11.4 Å². The summed E-state index contributed by atoms with van der Waals surface area (Å²) >= 11 is 0. The third kappa shape index (κ3) is 4.39. The number of nitrogens with one attached hydrogen (secondary N) is 3. The van der Waals surface area contributed by atoms with Crippen molar-refractivity contribution >= 4 is 34.8 Å². The summed E-state index contributed by atoms with van der Waals surface area (Å²) < 4.78 is 0. The molecule has 1 fully saturated rings. The number of rotatable bonds is 7. The number of aliphatic hydroxyl groups excluding tert-OH is 3. The second-order valence-electron chi connectivity index (χ2n) is 11.2. The van der Waals surface area contributed by atoms with Crippen molar-refractivity contribution in [3.8, 4) is 5.75 Å². The number of hydrogen-bond donors (Lipinski definition) is 9. The monoisotopic (exact) mass is 596 g/mol. The van der Waals surface area contributed by atoms with Crippen molar-refractivity contribution < 1.29 is 44.7 Å². The molecule has 3 aliphatic rings. The summed E-state index contributed by atoms with van der Waals surface area (Å²) in [7, 11) is 2.87. The highest BCUT2D eigenvalue weighted by Gasteiger charge is 2.68. The minimum absolute atomic E-state index is 0.0866. The molecule has 0 saturated heterocycles. The van der Waals surface area contributed by atoms with E-state index in [4.69, 9.17) is 5.73 Å². The summed E-state index contributed by atoms with van der Waals surface area (Å²) in [6.45, 7) is 1.74. The van der Waals surface area contributed by atoms with Gasteiger partial charge in [-0.25, -0.2) is 4.98 Å². The maximum absolute atomic E-state index is 14.0. The van der Waals surface area contributed by atoms with Crippen LogP contribution in [0.5, 0.6) is 5.75 Å². The van der Waals surface area contributed by atoms with Crippen LogP contribution in [0.2, 0.25) is 0 Å². The first-order valence-corrected chi connectivity index (χ1v) is 13.4. The zero-order valence-corrected chi connectivity index (χ0v) is 23.5. The molecule has 1 saturated carbocycles. The number of nitrogens with two attached hydrogens (primary N) is 1. The number of carbonyl (C=O) groups excluding carboxylic acids is 4. The predicted molar refractivity (Wildman–Crippen MR) is 149 cm³/mol. The minimum Gasteiger partial charge on any atom is -0.508 e. The number of ketones is 2. The first kappa shape index (κ1) is 29.9. The Kier molecular flexibility index (Phi) is 7.38. The Morgan fingerprint density at radius 1 is 1.19 bits per heavy atom. The fourth-order valence-corrected chi connectivity index (χ4v) is 6.60. The summed E-state index contributed by atoms with van der Waals surface area (Å²) in [6.07, 6.45) is 1.50. The SMILES string of the molecule is CC1c2ccc(NC(=O)CNCc3ncc[nH]3)c(O)c2C(O)=C2C(=O)[C@]3(O)C(O)=C(C(N)=O)C(=O)[C@@H](N(C)C)C3C(O)C21. The number of carbonyl (C=O) groups is 4. The molecule has 4 unspecified atom stereocenters. The van der Waals surface area contributed by atoms with Gasteiger partial charge >= 0.3 is 0 Å². The number of hydrogen-bond acceptors (Lipinski definition) is 12. The molecule has 0 spiro atoms. The van der Waals surface area contributed by atoms with Crippen molar-refractivity contribution in [2.75, 3.05) is 26.0 Å². The number of phenols is 1. The van der Waals surface area contributed by atoms with E-state index in [2.05, 4.69) is 20.6 Å². The molecule has 1 aromatic carbocycles. The van der Waals surface area contributed by atoms with E-state index >= 15 is 0 Å². The number of likely N-dealkylation sites (N-methyl/N-ethyl adjacent to an activating group) is 1. The smallest absolute Gasteiger partial charge is 0.255 e. The van der Waals surface area contributed by atoms with Crippen LogP contribution in [-0.2, 0) is 25.7 Å². The quantitative estimate of drug-likeness (QED) is 0.137. The summed E-state index contributed by atoms with van der Waals surface area (Å²) in [5.41, 5.74) is 0.811. The average Bonchev–Trinajstić information content (AvgIpc) is 3.45. The molecule has 5 rings (SSSR count). The first-order valence-electron chi connectivity index (χ1n) is 13.4. The summed E-state index contributed by atoms with van der Waals surface area (Å²) in [5, 5.41) is 62.3. The second-order valence-corrected chi connectivity index (χ2v) is 11.2. The van der Waals surface area contributed by atoms with Gasteiger partial charge in [-0.2, -0.15) is 0 Å². The third-order valence-electron chi connectivity index (χ3n) is 8.54. The lowest BCUT2D eigenvalue weighted by atomic mass is 9.54. The summed E-state index contributed by atoms with van der Waals surface area (Å²) in [6, 6.07) is 1.47. The number of fused-ring (bicyclic) bond motifs is 3. The number of amides is 2. The van der Waals surface area contributed by atoms with Gasteiger partial charge in [0.1, 0.15) is 28.7 Å². The fourth-order valence-electron chi connectivity index (χ4n) is 6.60. The Balaban J connectivity index is 1.56. The minimum atomic E-state index is -3.01. The van der Waals surface area contributed by atoms with Gasteiger partial charge in [0.25, 0.3) is 5.91 Å². The lowest BCUT2D eigenvalue weighted by molar-refractivity contribution is -0.169. The van der Waals surface area contributed by atoms with Crippen LogP contribution in [0.25, 0.3) is 5.76 Å². The Morgan fingerprint density at radius 3 is 2.49 bits per heavy atom. The molecule has 0 radical (unpaired) electrons. The number of anilines is 1. The van der Waals surface area contributed by atoms with Gasteiger partial charge in [0.05, 0.1) is 42.4 Å². The number of H-pyrrole nitrogens is 1. The Morgan fingerprint density at radius 2 is 1.88 bits per heavy atom. The molecule has 15 nitrogen and oxygen atoms in total. The van der Waals surface area contributed by atoms with Crippen molar-refractivity contribution in [2.45, 2.75) is 37.1 Å². The number of primary amides is 1. The van der Waals surface area contributed by atoms with E-state index in [9.17, 15) is 44.7 Å². The van der Waals surface area contributed by atoms with Crippen LogP contribution in [0.1, 0.15) is 29.8 Å². The van der Waals surface area contributed by atoms with Gasteiger partial charge in [0.2, 0.25) is 11.7 Å². The van der Waals surface area contributed by atoms with Crippen molar-refractivity contribution in [2.24, 2.45) is 17.6 Å². The number of aromatic amines is 1. The van der Waals surface area contributed by atoms with E-state index in [1.54, 1.807) is 19.3 Å². The summed E-state index contributed by atoms with van der Waals surface area (Å²) in [5.74, 6) is -9.85. The molecule has 1 heterocycles. The molecule has 15 heteroatoms. The molecular formula is C28H32N6O9. The molecule has 2 aromatic rings. The molecule has 0 bridgehead atoms. The van der Waals surface area contributed by atoms with Gasteiger partial charge in [-0.3, -0.25) is 24.1 Å². The normalized spacial score (nSPS) is 28.5. The van der Waals surface area contributed by atoms with Crippen molar-refractivity contribution in [3.63, 3.8) is 0 Å². The topological polar surface area (TPSA) is 251 Å². The lowest BCUT2D eigenvalue weighted by Crippen LogP contribution is -2.70. The zero-order chi connectivity index (χ0) is 31.5. The molecule has 10 N–H and O–H groups in total. The lowest BCUT2D eigenvalue weighted by Gasteiger charge is -2.53. The van der Waals surface area contributed by atoms with Crippen molar-refractivity contribution in [1.29, 1.82) is 0 Å². The number of phenolic OH excluding ortho intramolecular Hbond substituents is 1. The Labute approximate surface area is 244 Å². The molecule has 0 aliphatic heterocycles. The highest BCUT2D eigenvalue weighted by atomic mass is 16.4. The Bertz CT molecular complexity index is 1600. The van der Waals surface area contributed by atoms with Crippen LogP contribution < -0.4 is 16.4 Å². The van der Waals surface area contributed by atoms with Crippen molar-refractivity contribution in [1.82, 2.24) is 20.2 Å². The molecule has 6 atom stereocenters. The number of aromatic hydroxyl groups is 1.